The minimum Gasteiger partial charge on any atom is -0.309 e. The minimum atomic E-state index is 1.13. The van der Waals surface area contributed by atoms with Gasteiger partial charge in [0.25, 0.3) is 0 Å². The number of rotatable bonds is 4. The monoisotopic (exact) mass is 755 g/mol. The van der Waals surface area contributed by atoms with Crippen LogP contribution in [0.25, 0.3) is 114 Å². The SMILES string of the molecule is c1cc(-c2ccc3sc4ccccc4c3c2)cc(-n2c3ccccc3c3ccc(-n4c5ccccc5c5ccc(-n6c7ccccc7c7ccccc76)cc54)cc32)c1. The van der Waals surface area contributed by atoms with E-state index in [1.807, 2.05) is 11.3 Å². The molecule has 0 amide bonds. The predicted molar refractivity (Wildman–Crippen MR) is 248 cm³/mol. The summed E-state index contributed by atoms with van der Waals surface area (Å²) < 4.78 is 9.98. The van der Waals surface area contributed by atoms with E-state index in [2.05, 4.69) is 214 Å². The zero-order valence-electron chi connectivity index (χ0n) is 31.3. The minimum absolute atomic E-state index is 1.13. The van der Waals surface area contributed by atoms with Gasteiger partial charge in [0.05, 0.1) is 33.1 Å². The Kier molecular flexibility index (Phi) is 6.60. The second-order valence-electron chi connectivity index (χ2n) is 15.3. The first-order valence-corrected chi connectivity index (χ1v) is 20.7. The summed E-state index contributed by atoms with van der Waals surface area (Å²) in [5.74, 6) is 0. The van der Waals surface area contributed by atoms with E-state index in [1.54, 1.807) is 0 Å². The number of fused-ring (bicyclic) bond motifs is 12. The Labute approximate surface area is 337 Å². The van der Waals surface area contributed by atoms with Crippen LogP contribution in [0, 0.1) is 0 Å². The molecule has 4 heterocycles. The predicted octanol–water partition coefficient (Wildman–Crippen LogP) is 15.0. The number of thiophene rings is 1. The summed E-state index contributed by atoms with van der Waals surface area (Å²) in [7, 11) is 0. The number of benzene rings is 9. The lowest BCUT2D eigenvalue weighted by molar-refractivity contribution is 1.14. The number of hydrogen-bond acceptors (Lipinski definition) is 1. The molecule has 0 aliphatic rings. The van der Waals surface area contributed by atoms with Crippen LogP contribution < -0.4 is 0 Å². The molecule has 0 aliphatic carbocycles. The van der Waals surface area contributed by atoms with E-state index in [9.17, 15) is 0 Å². The maximum atomic E-state index is 2.46. The number of aromatic nitrogens is 3. The fourth-order valence-corrected chi connectivity index (χ4v) is 10.8. The summed E-state index contributed by atoms with van der Waals surface area (Å²) in [5.41, 5.74) is 13.0. The number of hydrogen-bond donors (Lipinski definition) is 0. The van der Waals surface area contributed by atoms with Gasteiger partial charge in [0, 0.05) is 69.6 Å². The lowest BCUT2D eigenvalue weighted by atomic mass is 10.0. The van der Waals surface area contributed by atoms with Crippen molar-refractivity contribution in [3.63, 3.8) is 0 Å². The molecule has 0 N–H and O–H groups in total. The molecule has 4 heteroatoms. The van der Waals surface area contributed by atoms with Crippen LogP contribution in [-0.4, -0.2) is 13.7 Å². The van der Waals surface area contributed by atoms with Crippen molar-refractivity contribution in [2.75, 3.05) is 0 Å². The molecule has 3 nitrogen and oxygen atoms in total. The summed E-state index contributed by atoms with van der Waals surface area (Å²) in [6, 6.07) is 73.8. The zero-order valence-corrected chi connectivity index (χ0v) is 32.1. The van der Waals surface area contributed by atoms with Crippen LogP contribution in [0.3, 0.4) is 0 Å². The standard InChI is InChI=1S/C54H33N3S/c1-6-19-47-39(14-1)40-15-2-7-20-48(40)55(47)37-25-27-44-42-17-4-9-22-50(42)57(52(44)32-37)38-26-28-43-41-16-3-8-21-49(41)56(51(43)33-38)36-13-11-12-34(30-36)35-24-29-54-46(31-35)45-18-5-10-23-53(45)58-54/h1-33H. The third kappa shape index (κ3) is 4.49. The molecule has 0 aliphatic heterocycles. The van der Waals surface area contributed by atoms with Gasteiger partial charge in [-0.05, 0) is 90.0 Å². The summed E-state index contributed by atoms with van der Waals surface area (Å²) >= 11 is 1.86. The maximum absolute atomic E-state index is 2.46. The Morgan fingerprint density at radius 2 is 0.655 bits per heavy atom. The normalized spacial score (nSPS) is 12.1. The molecule has 0 spiro atoms. The Bertz CT molecular complexity index is 3760. The molecule has 0 unspecified atom stereocenters. The van der Waals surface area contributed by atoms with E-state index in [0.717, 1.165) is 17.1 Å². The van der Waals surface area contributed by atoms with Gasteiger partial charge in [-0.1, -0.05) is 121 Å². The molecular formula is C54H33N3S. The average molecular weight is 756 g/mol. The molecule has 0 saturated carbocycles. The van der Waals surface area contributed by atoms with Gasteiger partial charge >= 0.3 is 0 Å². The highest BCUT2D eigenvalue weighted by Crippen LogP contribution is 2.41. The van der Waals surface area contributed by atoms with Crippen LogP contribution in [0.2, 0.25) is 0 Å². The molecule has 58 heavy (non-hydrogen) atoms. The molecule has 9 aromatic carbocycles. The second-order valence-corrected chi connectivity index (χ2v) is 16.4. The van der Waals surface area contributed by atoms with Gasteiger partial charge in [-0.25, -0.2) is 0 Å². The smallest absolute Gasteiger partial charge is 0.0561 e. The van der Waals surface area contributed by atoms with Crippen molar-refractivity contribution in [1.29, 1.82) is 0 Å². The molecule has 0 fully saturated rings. The Balaban J connectivity index is 1.03. The molecule has 0 saturated heterocycles. The topological polar surface area (TPSA) is 14.8 Å². The van der Waals surface area contributed by atoms with Gasteiger partial charge in [0.15, 0.2) is 0 Å². The van der Waals surface area contributed by atoms with Gasteiger partial charge in [-0.15, -0.1) is 11.3 Å². The van der Waals surface area contributed by atoms with Crippen molar-refractivity contribution in [3.8, 4) is 28.2 Å². The summed E-state index contributed by atoms with van der Waals surface area (Å²) in [5, 5.41) is 10.1. The van der Waals surface area contributed by atoms with Crippen molar-refractivity contribution in [3.05, 3.63) is 200 Å². The fraction of sp³-hybridized carbons (Fsp3) is 0. The van der Waals surface area contributed by atoms with E-state index in [4.69, 9.17) is 0 Å². The highest BCUT2D eigenvalue weighted by atomic mass is 32.1. The highest BCUT2D eigenvalue weighted by molar-refractivity contribution is 7.25. The lowest BCUT2D eigenvalue weighted by Crippen LogP contribution is -1.98. The first-order valence-electron chi connectivity index (χ1n) is 19.8. The van der Waals surface area contributed by atoms with Gasteiger partial charge in [0.2, 0.25) is 0 Å². The molecule has 0 radical (unpaired) electrons. The quantitative estimate of drug-likeness (QED) is 0.170. The van der Waals surface area contributed by atoms with E-state index < -0.39 is 0 Å². The fourth-order valence-electron chi connectivity index (χ4n) is 9.68. The van der Waals surface area contributed by atoms with Crippen molar-refractivity contribution in [2.45, 2.75) is 0 Å². The van der Waals surface area contributed by atoms with Gasteiger partial charge in [0.1, 0.15) is 0 Å². The zero-order chi connectivity index (χ0) is 37.9. The maximum Gasteiger partial charge on any atom is 0.0561 e. The van der Waals surface area contributed by atoms with Crippen LogP contribution in [0.4, 0.5) is 0 Å². The molecule has 13 rings (SSSR count). The average Bonchev–Trinajstić information content (AvgIpc) is 4.02. The lowest BCUT2D eigenvalue weighted by Gasteiger charge is -2.13. The van der Waals surface area contributed by atoms with E-state index >= 15 is 0 Å². The Morgan fingerprint density at radius 3 is 1.21 bits per heavy atom. The summed E-state index contributed by atoms with van der Waals surface area (Å²) in [6.07, 6.45) is 0. The molecule has 13 aromatic rings. The van der Waals surface area contributed by atoms with Crippen molar-refractivity contribution >= 4 is 96.9 Å². The van der Waals surface area contributed by atoms with Crippen LogP contribution in [-0.2, 0) is 0 Å². The van der Waals surface area contributed by atoms with E-state index in [-0.39, 0.29) is 0 Å². The van der Waals surface area contributed by atoms with Gasteiger partial charge < -0.3 is 13.7 Å². The number of para-hydroxylation sites is 4. The Morgan fingerprint density at radius 1 is 0.241 bits per heavy atom. The van der Waals surface area contributed by atoms with Crippen LogP contribution >= 0.6 is 11.3 Å². The van der Waals surface area contributed by atoms with E-state index in [0.29, 0.717) is 0 Å². The molecule has 0 atom stereocenters. The highest BCUT2D eigenvalue weighted by Gasteiger charge is 2.19. The molecule has 0 bridgehead atoms. The van der Waals surface area contributed by atoms with Crippen LogP contribution in [0.5, 0.6) is 0 Å². The Hall–Kier alpha value is -7.40. The first kappa shape index (κ1) is 31.8. The molecular weight excluding hydrogens is 723 g/mol. The van der Waals surface area contributed by atoms with Crippen LogP contribution in [0.15, 0.2) is 200 Å². The largest absolute Gasteiger partial charge is 0.309 e. The second kappa shape index (κ2) is 12.1. The first-order chi connectivity index (χ1) is 28.8. The van der Waals surface area contributed by atoms with Crippen molar-refractivity contribution in [1.82, 2.24) is 13.7 Å². The van der Waals surface area contributed by atoms with Crippen molar-refractivity contribution in [2.24, 2.45) is 0 Å². The van der Waals surface area contributed by atoms with Crippen molar-refractivity contribution < 1.29 is 0 Å². The molecule has 270 valence electrons. The third-order valence-corrected chi connectivity index (χ3v) is 13.4. The van der Waals surface area contributed by atoms with Crippen LogP contribution in [0.1, 0.15) is 0 Å². The van der Waals surface area contributed by atoms with Gasteiger partial charge in [-0.2, -0.15) is 0 Å². The summed E-state index contributed by atoms with van der Waals surface area (Å²) in [6.45, 7) is 0. The number of nitrogens with zero attached hydrogens (tertiary/aromatic N) is 3. The molecule has 4 aromatic heterocycles. The van der Waals surface area contributed by atoms with E-state index in [1.165, 1.54) is 96.7 Å². The summed E-state index contributed by atoms with van der Waals surface area (Å²) in [4.78, 5) is 0. The third-order valence-electron chi connectivity index (χ3n) is 12.2. The van der Waals surface area contributed by atoms with Gasteiger partial charge in [-0.3, -0.25) is 0 Å².